The molecular weight excluding hydrogens is 511 g/mol. The molecule has 3 unspecified atom stereocenters. The number of rotatable bonds is 7. The number of amides is 1. The maximum Gasteiger partial charge on any atom is 0.304 e. The highest BCUT2D eigenvalue weighted by molar-refractivity contribution is 6.30. The van der Waals surface area contributed by atoms with Crippen molar-refractivity contribution >= 4 is 35.1 Å². The molecule has 1 amide bonds. The zero-order valence-electron chi connectivity index (χ0n) is 21.9. The number of likely N-dealkylation sites (tertiary alicyclic amines) is 1. The lowest BCUT2D eigenvalue weighted by Gasteiger charge is -2.49. The second kappa shape index (κ2) is 13.6. The fourth-order valence-electron chi connectivity index (χ4n) is 5.14. The Morgan fingerprint density at radius 2 is 1.73 bits per heavy atom. The minimum Gasteiger partial charge on any atom is -0.481 e. The molecule has 1 N–H and O–H groups in total. The van der Waals surface area contributed by atoms with E-state index in [0.29, 0.717) is 24.7 Å². The number of aliphatic carboxylic acids is 1. The summed E-state index contributed by atoms with van der Waals surface area (Å²) >= 11 is 11.6. The van der Waals surface area contributed by atoms with Crippen molar-refractivity contribution in [3.8, 4) is 0 Å². The summed E-state index contributed by atoms with van der Waals surface area (Å²) in [5.41, 5.74) is 0.960. The van der Waals surface area contributed by atoms with Crippen LogP contribution >= 0.6 is 23.2 Å². The molecule has 2 aromatic rings. The van der Waals surface area contributed by atoms with E-state index in [1.807, 2.05) is 59.5 Å². The zero-order chi connectivity index (χ0) is 27.0. The summed E-state index contributed by atoms with van der Waals surface area (Å²) in [5, 5.41) is 10.8. The maximum atomic E-state index is 13.5. The van der Waals surface area contributed by atoms with Crippen LogP contribution < -0.4 is 0 Å². The van der Waals surface area contributed by atoms with Crippen LogP contribution in [-0.4, -0.2) is 64.7 Å². The number of halogens is 2. The first-order valence-corrected chi connectivity index (χ1v) is 13.7. The molecule has 0 radical (unpaired) electrons. The molecular formula is C29H38Cl2N2O4. The Bertz CT molecular complexity index is 1020. The third-order valence-electron chi connectivity index (χ3n) is 7.25. The number of morpholine rings is 1. The second-order valence-electron chi connectivity index (χ2n) is 10.4. The van der Waals surface area contributed by atoms with Gasteiger partial charge in [0, 0.05) is 40.6 Å². The van der Waals surface area contributed by atoms with Gasteiger partial charge in [0.05, 0.1) is 25.7 Å². The predicted molar refractivity (Wildman–Crippen MR) is 148 cm³/mol. The molecule has 0 saturated carbocycles. The molecule has 37 heavy (non-hydrogen) atoms. The Morgan fingerprint density at radius 1 is 1.08 bits per heavy atom. The van der Waals surface area contributed by atoms with E-state index >= 15 is 0 Å². The van der Waals surface area contributed by atoms with Gasteiger partial charge in [0.15, 0.2) is 0 Å². The Labute approximate surface area is 230 Å². The number of benzene rings is 2. The van der Waals surface area contributed by atoms with E-state index in [2.05, 4.69) is 25.7 Å². The van der Waals surface area contributed by atoms with Crippen molar-refractivity contribution in [2.24, 2.45) is 5.92 Å². The average molecular weight is 550 g/mol. The van der Waals surface area contributed by atoms with Gasteiger partial charge in [-0.25, -0.2) is 0 Å². The molecule has 0 aliphatic carbocycles. The van der Waals surface area contributed by atoms with Crippen LogP contribution in [0.2, 0.25) is 10.0 Å². The first-order valence-electron chi connectivity index (χ1n) is 12.9. The Hall–Kier alpha value is -2.12. The van der Waals surface area contributed by atoms with E-state index in [0.717, 1.165) is 36.5 Å². The van der Waals surface area contributed by atoms with Crippen molar-refractivity contribution < 1.29 is 19.4 Å². The number of hydrogen-bond acceptors (Lipinski definition) is 4. The molecule has 6 nitrogen and oxygen atoms in total. The molecule has 2 saturated heterocycles. The van der Waals surface area contributed by atoms with Crippen LogP contribution in [0.4, 0.5) is 0 Å². The molecule has 8 heteroatoms. The van der Waals surface area contributed by atoms with E-state index in [1.54, 1.807) is 0 Å². The van der Waals surface area contributed by atoms with Crippen LogP contribution in [0, 0.1) is 5.92 Å². The van der Waals surface area contributed by atoms with Crippen LogP contribution in [-0.2, 0) is 14.3 Å². The molecule has 2 fully saturated rings. The first kappa shape index (κ1) is 29.4. The summed E-state index contributed by atoms with van der Waals surface area (Å²) in [4.78, 5) is 29.2. The average Bonchev–Trinajstić information content (AvgIpc) is 2.86. The van der Waals surface area contributed by atoms with E-state index < -0.39 is 11.9 Å². The van der Waals surface area contributed by atoms with Crippen LogP contribution in [0.5, 0.6) is 0 Å². The largest absolute Gasteiger partial charge is 0.481 e. The van der Waals surface area contributed by atoms with Gasteiger partial charge in [-0.3, -0.25) is 14.5 Å². The van der Waals surface area contributed by atoms with Gasteiger partial charge < -0.3 is 14.7 Å². The van der Waals surface area contributed by atoms with Crippen molar-refractivity contribution in [3.63, 3.8) is 0 Å². The van der Waals surface area contributed by atoms with Crippen molar-refractivity contribution in [2.75, 3.05) is 26.3 Å². The lowest BCUT2D eigenvalue weighted by Crippen LogP contribution is -2.59. The van der Waals surface area contributed by atoms with Gasteiger partial charge in [-0.1, -0.05) is 60.5 Å². The van der Waals surface area contributed by atoms with Crippen LogP contribution in [0.25, 0.3) is 0 Å². The standard InChI is InChI=1S/C23H33ClN2O4.C6H5Cl/c1-4-19(14-25-11-12-30-15-23(25,2)3)26-20(16-5-8-18(24)9-6-16)10-7-17(22(26)29)13-21(27)28;7-6-4-2-1-3-5-6/h5-6,8-9,17,19-20H,4,7,10-15H2,1-3H3,(H,27,28);1-5H. The second-order valence-corrected chi connectivity index (χ2v) is 11.2. The summed E-state index contributed by atoms with van der Waals surface area (Å²) in [6, 6.07) is 17.1. The summed E-state index contributed by atoms with van der Waals surface area (Å²) in [7, 11) is 0. The zero-order valence-corrected chi connectivity index (χ0v) is 23.4. The molecule has 0 aromatic heterocycles. The first-order chi connectivity index (χ1) is 17.6. The van der Waals surface area contributed by atoms with E-state index in [-0.39, 0.29) is 30.0 Å². The fraction of sp³-hybridized carbons (Fsp3) is 0.517. The lowest BCUT2D eigenvalue weighted by molar-refractivity contribution is -0.153. The molecule has 2 aromatic carbocycles. The van der Waals surface area contributed by atoms with E-state index in [9.17, 15) is 14.7 Å². The molecule has 202 valence electrons. The highest BCUT2D eigenvalue weighted by Gasteiger charge is 2.42. The summed E-state index contributed by atoms with van der Waals surface area (Å²) in [6.45, 7) is 9.38. The number of carbonyl (C=O) groups excluding carboxylic acids is 1. The topological polar surface area (TPSA) is 70.1 Å². The number of nitrogens with zero attached hydrogens (tertiary/aromatic N) is 2. The lowest BCUT2D eigenvalue weighted by atomic mass is 9.84. The van der Waals surface area contributed by atoms with Gasteiger partial charge in [-0.05, 0) is 62.9 Å². The quantitative estimate of drug-likeness (QED) is 0.438. The fourth-order valence-corrected chi connectivity index (χ4v) is 5.42. The van der Waals surface area contributed by atoms with Gasteiger partial charge in [0.1, 0.15) is 0 Å². The molecule has 0 spiro atoms. The third kappa shape index (κ3) is 8.18. The van der Waals surface area contributed by atoms with Gasteiger partial charge in [-0.2, -0.15) is 0 Å². The summed E-state index contributed by atoms with van der Waals surface area (Å²) in [6.07, 6.45) is 2.05. The molecule has 2 heterocycles. The predicted octanol–water partition coefficient (Wildman–Crippen LogP) is 6.32. The van der Waals surface area contributed by atoms with Crippen LogP contribution in [0.1, 0.15) is 58.1 Å². The number of carbonyl (C=O) groups is 2. The minimum atomic E-state index is -0.916. The van der Waals surface area contributed by atoms with Crippen LogP contribution in [0.15, 0.2) is 54.6 Å². The van der Waals surface area contributed by atoms with Crippen molar-refractivity contribution in [3.05, 3.63) is 70.2 Å². The highest BCUT2D eigenvalue weighted by atomic mass is 35.5. The molecule has 0 bridgehead atoms. The van der Waals surface area contributed by atoms with Crippen molar-refractivity contribution in [2.45, 2.75) is 64.1 Å². The smallest absolute Gasteiger partial charge is 0.304 e. The number of hydrogen-bond donors (Lipinski definition) is 1. The normalized spacial score (nSPS) is 22.6. The van der Waals surface area contributed by atoms with Gasteiger partial charge in [-0.15, -0.1) is 0 Å². The highest BCUT2D eigenvalue weighted by Crippen LogP contribution is 2.38. The number of carboxylic acids is 1. The summed E-state index contributed by atoms with van der Waals surface area (Å²) < 4.78 is 5.66. The molecule has 4 rings (SSSR count). The van der Waals surface area contributed by atoms with Crippen LogP contribution in [0.3, 0.4) is 0 Å². The van der Waals surface area contributed by atoms with Crippen molar-refractivity contribution in [1.29, 1.82) is 0 Å². The number of carboxylic acid groups (broad SMARTS) is 1. The molecule has 2 aliphatic rings. The number of ether oxygens (including phenoxy) is 1. The Balaban J connectivity index is 0.000000468. The van der Waals surface area contributed by atoms with E-state index in [1.165, 1.54) is 0 Å². The minimum absolute atomic E-state index is 0.00662. The Morgan fingerprint density at radius 3 is 2.27 bits per heavy atom. The maximum absolute atomic E-state index is 13.5. The monoisotopic (exact) mass is 548 g/mol. The Kier molecular flexibility index (Phi) is 10.8. The van der Waals surface area contributed by atoms with Crippen molar-refractivity contribution in [1.82, 2.24) is 9.80 Å². The number of piperidine rings is 1. The SMILES string of the molecule is CCC(CN1CCOCC1(C)C)N1C(=O)C(CC(=O)O)CCC1c1ccc(Cl)cc1.Clc1ccccc1. The van der Waals surface area contributed by atoms with Gasteiger partial charge in [0.2, 0.25) is 5.91 Å². The molecule has 2 aliphatic heterocycles. The summed E-state index contributed by atoms with van der Waals surface area (Å²) in [5.74, 6) is -1.42. The molecule has 3 atom stereocenters. The van der Waals surface area contributed by atoms with Gasteiger partial charge in [0.25, 0.3) is 0 Å². The van der Waals surface area contributed by atoms with Gasteiger partial charge >= 0.3 is 5.97 Å². The third-order valence-corrected chi connectivity index (χ3v) is 7.75. The van der Waals surface area contributed by atoms with E-state index in [4.69, 9.17) is 27.9 Å².